The normalized spacial score (nSPS) is 8.56. The number of thioether (sulfide) groups is 1. The highest BCUT2D eigenvalue weighted by Crippen LogP contribution is 1.95. The van der Waals surface area contributed by atoms with Gasteiger partial charge in [-0.1, -0.05) is 0 Å². The van der Waals surface area contributed by atoms with E-state index in [0.29, 0.717) is 12.2 Å². The lowest BCUT2D eigenvalue weighted by molar-refractivity contribution is -0.150. The molecular weight excluding hydrogens is 140 g/mol. The van der Waals surface area contributed by atoms with Gasteiger partial charge in [0.15, 0.2) is 0 Å². The van der Waals surface area contributed by atoms with Crippen LogP contribution in [0.4, 0.5) is 0 Å². The second kappa shape index (κ2) is 5.62. The highest BCUT2D eigenvalue weighted by Gasteiger charge is 1.98. The van der Waals surface area contributed by atoms with Crippen LogP contribution in [0.2, 0.25) is 0 Å². The first-order chi connectivity index (χ1) is 4.31. The molecule has 3 nitrogen and oxygen atoms in total. The average Bonchev–Trinajstić information content (AvgIpc) is 1.85. The summed E-state index contributed by atoms with van der Waals surface area (Å²) in [6.45, 7) is 0.155. The van der Waals surface area contributed by atoms with E-state index in [1.807, 2.05) is 6.26 Å². The fourth-order valence-electron chi connectivity index (χ4n) is 0.298. The summed E-state index contributed by atoms with van der Waals surface area (Å²) in [6, 6.07) is 0. The molecule has 0 spiro atoms. The lowest BCUT2D eigenvalue weighted by Crippen LogP contribution is -2.02. The molecule has 0 atom stereocenters. The third-order valence-corrected chi connectivity index (χ3v) is 1.30. The van der Waals surface area contributed by atoms with E-state index in [1.165, 1.54) is 11.8 Å². The van der Waals surface area contributed by atoms with Crippen LogP contribution in [-0.4, -0.2) is 24.5 Å². The highest BCUT2D eigenvalue weighted by atomic mass is 32.2. The van der Waals surface area contributed by atoms with Gasteiger partial charge in [-0.2, -0.15) is 11.8 Å². The third-order valence-electron chi connectivity index (χ3n) is 0.690. The second-order valence-corrected chi connectivity index (χ2v) is 2.31. The van der Waals surface area contributed by atoms with Crippen LogP contribution >= 0.6 is 11.8 Å². The van der Waals surface area contributed by atoms with Crippen molar-refractivity contribution in [3.63, 3.8) is 0 Å². The number of carbonyl (C=O) groups excluding carboxylic acids is 2. The zero-order valence-electron chi connectivity index (χ0n) is 5.12. The van der Waals surface area contributed by atoms with Crippen molar-refractivity contribution in [1.29, 1.82) is 0 Å². The van der Waals surface area contributed by atoms with Gasteiger partial charge in [0.25, 0.3) is 0 Å². The number of rotatable bonds is 4. The topological polar surface area (TPSA) is 43.4 Å². The molecule has 0 aliphatic heterocycles. The average molecular weight is 148 g/mol. The predicted molar refractivity (Wildman–Crippen MR) is 35.2 cm³/mol. The Morgan fingerprint density at radius 2 is 2.44 bits per heavy atom. The molecule has 0 aromatic rings. The Hall–Kier alpha value is -0.510. The molecule has 0 bridgehead atoms. The Kier molecular flexibility index (Phi) is 5.30. The smallest absolute Gasteiger partial charge is 0.314 e. The molecule has 0 unspecified atom stereocenters. The quantitative estimate of drug-likeness (QED) is 0.329. The van der Waals surface area contributed by atoms with Gasteiger partial charge >= 0.3 is 12.4 Å². The van der Waals surface area contributed by atoms with E-state index in [1.54, 1.807) is 0 Å². The van der Waals surface area contributed by atoms with Gasteiger partial charge in [0.1, 0.15) is 0 Å². The zero-order chi connectivity index (χ0) is 7.11. The molecule has 0 aromatic heterocycles. The molecule has 0 rings (SSSR count). The molecular formula is C5H8O3S. The van der Waals surface area contributed by atoms with Crippen LogP contribution in [0.15, 0.2) is 0 Å². The minimum atomic E-state index is -0.459. The van der Waals surface area contributed by atoms with E-state index in [4.69, 9.17) is 0 Å². The molecule has 9 heavy (non-hydrogen) atoms. The van der Waals surface area contributed by atoms with E-state index in [9.17, 15) is 9.59 Å². The van der Waals surface area contributed by atoms with Crippen molar-refractivity contribution in [3.05, 3.63) is 0 Å². The van der Waals surface area contributed by atoms with Crippen LogP contribution < -0.4 is 0 Å². The van der Waals surface area contributed by atoms with Gasteiger partial charge in [-0.05, 0) is 6.26 Å². The van der Waals surface area contributed by atoms with Gasteiger partial charge < -0.3 is 4.74 Å². The first kappa shape index (κ1) is 8.49. The number of esters is 1. The molecule has 0 N–H and O–H groups in total. The summed E-state index contributed by atoms with van der Waals surface area (Å²) >= 11 is 1.54. The van der Waals surface area contributed by atoms with Crippen molar-refractivity contribution in [2.45, 2.75) is 6.42 Å². The number of hydrogen-bond donors (Lipinski definition) is 0. The molecule has 0 fully saturated rings. The number of carbonyl (C=O) groups is 2. The van der Waals surface area contributed by atoms with Gasteiger partial charge in [-0.3, -0.25) is 9.59 Å². The summed E-state index contributed by atoms with van der Waals surface area (Å²) in [5.74, 6) is 0.242. The molecule has 0 saturated carbocycles. The van der Waals surface area contributed by atoms with Gasteiger partial charge in [0.05, 0.1) is 6.42 Å². The Morgan fingerprint density at radius 1 is 1.78 bits per heavy atom. The molecule has 0 amide bonds. The molecule has 0 radical (unpaired) electrons. The van der Waals surface area contributed by atoms with Crippen LogP contribution in [-0.2, 0) is 14.3 Å². The maximum Gasteiger partial charge on any atom is 0.314 e. The summed E-state index contributed by atoms with van der Waals surface area (Å²) in [5, 5.41) is 0. The minimum absolute atomic E-state index is 0.155. The standard InChI is InChI=1S/C5H8O3S/c1-9-3-2-5(7)8-4-6/h4H,2-3H2,1H3. The second-order valence-electron chi connectivity index (χ2n) is 1.33. The van der Waals surface area contributed by atoms with Crippen molar-refractivity contribution >= 4 is 24.2 Å². The van der Waals surface area contributed by atoms with Crippen LogP contribution in [0.5, 0.6) is 0 Å². The van der Waals surface area contributed by atoms with Gasteiger partial charge in [0.2, 0.25) is 0 Å². The molecule has 4 heteroatoms. The van der Waals surface area contributed by atoms with Crippen LogP contribution in [0, 0.1) is 0 Å². The predicted octanol–water partition coefficient (Wildman–Crippen LogP) is 0.439. The first-order valence-corrected chi connectivity index (χ1v) is 3.82. The maximum atomic E-state index is 10.3. The Bertz CT molecular complexity index is 102. The summed E-state index contributed by atoms with van der Waals surface area (Å²) in [5.41, 5.74) is 0. The van der Waals surface area contributed by atoms with Crippen molar-refractivity contribution in [2.75, 3.05) is 12.0 Å². The molecule has 52 valence electrons. The fraction of sp³-hybridized carbons (Fsp3) is 0.600. The Labute approximate surface area is 57.8 Å². The van der Waals surface area contributed by atoms with E-state index in [-0.39, 0.29) is 6.47 Å². The van der Waals surface area contributed by atoms with Crippen LogP contribution in [0.3, 0.4) is 0 Å². The van der Waals surface area contributed by atoms with Crippen LogP contribution in [0.25, 0.3) is 0 Å². The first-order valence-electron chi connectivity index (χ1n) is 2.43. The van der Waals surface area contributed by atoms with Gasteiger partial charge in [-0.25, -0.2) is 0 Å². The van der Waals surface area contributed by atoms with Crippen molar-refractivity contribution in [3.8, 4) is 0 Å². The fourth-order valence-corrected chi connectivity index (χ4v) is 0.669. The van der Waals surface area contributed by atoms with E-state index < -0.39 is 5.97 Å². The van der Waals surface area contributed by atoms with E-state index >= 15 is 0 Å². The molecule has 0 saturated heterocycles. The summed E-state index contributed by atoms with van der Waals surface area (Å²) in [4.78, 5) is 19.9. The van der Waals surface area contributed by atoms with Crippen molar-refractivity contribution < 1.29 is 14.3 Å². The maximum absolute atomic E-state index is 10.3. The minimum Gasteiger partial charge on any atom is -0.395 e. The largest absolute Gasteiger partial charge is 0.395 e. The van der Waals surface area contributed by atoms with Gasteiger partial charge in [0, 0.05) is 5.75 Å². The highest BCUT2D eigenvalue weighted by molar-refractivity contribution is 7.98. The lowest BCUT2D eigenvalue weighted by Gasteiger charge is -1.92. The SMILES string of the molecule is CSCCC(=O)OC=O. The molecule has 0 heterocycles. The number of ether oxygens (including phenoxy) is 1. The van der Waals surface area contributed by atoms with E-state index in [2.05, 4.69) is 4.74 Å². The lowest BCUT2D eigenvalue weighted by atomic mass is 10.5. The third kappa shape index (κ3) is 5.36. The Balaban J connectivity index is 3.16. The van der Waals surface area contributed by atoms with Crippen LogP contribution in [0.1, 0.15) is 6.42 Å². The summed E-state index contributed by atoms with van der Waals surface area (Å²) in [6.07, 6.45) is 2.19. The van der Waals surface area contributed by atoms with E-state index in [0.717, 1.165) is 0 Å². The molecule has 0 aliphatic carbocycles. The zero-order valence-corrected chi connectivity index (χ0v) is 5.94. The summed E-state index contributed by atoms with van der Waals surface area (Å²) in [7, 11) is 0. The summed E-state index contributed by atoms with van der Waals surface area (Å²) < 4.78 is 4.01. The number of hydrogen-bond acceptors (Lipinski definition) is 4. The van der Waals surface area contributed by atoms with Gasteiger partial charge in [-0.15, -0.1) is 0 Å². The molecule has 0 aromatic carbocycles. The monoisotopic (exact) mass is 148 g/mol. The Morgan fingerprint density at radius 3 is 2.89 bits per heavy atom. The molecule has 0 aliphatic rings. The van der Waals surface area contributed by atoms with Crippen molar-refractivity contribution in [1.82, 2.24) is 0 Å². The van der Waals surface area contributed by atoms with Crippen molar-refractivity contribution in [2.24, 2.45) is 0 Å².